The van der Waals surface area contributed by atoms with Gasteiger partial charge in [0.1, 0.15) is 0 Å². The summed E-state index contributed by atoms with van der Waals surface area (Å²) in [4.78, 5) is 0. The molecule has 0 saturated heterocycles. The van der Waals surface area contributed by atoms with Crippen LogP contribution in [0.5, 0.6) is 0 Å². The Labute approximate surface area is 46.7 Å². The second-order valence-electron chi connectivity index (χ2n) is 1.65. The molecule has 0 radical (unpaired) electrons. The lowest BCUT2D eigenvalue weighted by atomic mass is 10.2. The van der Waals surface area contributed by atoms with Crippen molar-refractivity contribution in [1.82, 2.24) is 0 Å². The molecule has 0 atom stereocenters. The van der Waals surface area contributed by atoms with Crippen LogP contribution >= 0.6 is 0 Å². The first-order valence-corrected chi connectivity index (χ1v) is 2.56. The Morgan fingerprint density at radius 1 is 1.38 bits per heavy atom. The van der Waals surface area contributed by atoms with Gasteiger partial charge in [-0.3, -0.25) is 4.39 Å². The Balaban J connectivity index is 3.37. The van der Waals surface area contributed by atoms with Crippen LogP contribution in [0.25, 0.3) is 0 Å². The largest absolute Gasteiger partial charge is 0.251 e. The third kappa shape index (κ3) is 2.88. The lowest BCUT2D eigenvalue weighted by Crippen LogP contribution is -2.14. The molecule has 0 heterocycles. The van der Waals surface area contributed by atoms with Crippen LogP contribution in [-0.4, -0.2) is 12.6 Å². The van der Waals surface area contributed by atoms with Gasteiger partial charge < -0.3 is 0 Å². The zero-order valence-electron chi connectivity index (χ0n) is 4.76. The standard InChI is InChI=1S/C5H9F3/c1-2-5(7,8)3-4-6/h2-4H2,1H3. The van der Waals surface area contributed by atoms with Crippen LogP contribution < -0.4 is 0 Å². The van der Waals surface area contributed by atoms with Gasteiger partial charge in [0.25, 0.3) is 0 Å². The van der Waals surface area contributed by atoms with Gasteiger partial charge in [-0.1, -0.05) is 6.92 Å². The van der Waals surface area contributed by atoms with E-state index < -0.39 is 19.0 Å². The summed E-state index contributed by atoms with van der Waals surface area (Å²) >= 11 is 0. The van der Waals surface area contributed by atoms with Crippen molar-refractivity contribution in [2.45, 2.75) is 25.7 Å². The van der Waals surface area contributed by atoms with Crippen molar-refractivity contribution in [3.8, 4) is 0 Å². The van der Waals surface area contributed by atoms with Gasteiger partial charge in [-0.05, 0) is 0 Å². The van der Waals surface area contributed by atoms with Crippen molar-refractivity contribution >= 4 is 0 Å². The van der Waals surface area contributed by atoms with Gasteiger partial charge >= 0.3 is 0 Å². The van der Waals surface area contributed by atoms with E-state index in [1.807, 2.05) is 0 Å². The summed E-state index contributed by atoms with van der Waals surface area (Å²) in [6.07, 6.45) is -0.902. The Morgan fingerprint density at radius 2 is 1.88 bits per heavy atom. The van der Waals surface area contributed by atoms with Gasteiger partial charge in [-0.25, -0.2) is 8.78 Å². The molecule has 0 fully saturated rings. The van der Waals surface area contributed by atoms with E-state index in [9.17, 15) is 13.2 Å². The summed E-state index contributed by atoms with van der Waals surface area (Å²) < 4.78 is 35.0. The minimum atomic E-state index is -2.78. The number of rotatable bonds is 3. The van der Waals surface area contributed by atoms with Crippen LogP contribution in [0.4, 0.5) is 13.2 Å². The monoisotopic (exact) mass is 126 g/mol. The summed E-state index contributed by atoms with van der Waals surface area (Å²) in [6, 6.07) is 0. The molecule has 0 aromatic carbocycles. The molecule has 8 heavy (non-hydrogen) atoms. The molecule has 0 aromatic rings. The Morgan fingerprint density at radius 3 is 2.00 bits per heavy atom. The van der Waals surface area contributed by atoms with E-state index in [0.29, 0.717) is 0 Å². The van der Waals surface area contributed by atoms with Crippen molar-refractivity contribution < 1.29 is 13.2 Å². The first-order chi connectivity index (χ1) is 3.62. The Bertz CT molecular complexity index is 60.7. The average molecular weight is 126 g/mol. The number of alkyl halides is 3. The molecule has 0 bridgehead atoms. The first-order valence-electron chi connectivity index (χ1n) is 2.56. The van der Waals surface area contributed by atoms with E-state index >= 15 is 0 Å². The van der Waals surface area contributed by atoms with E-state index in [4.69, 9.17) is 0 Å². The SMILES string of the molecule is CCC(F)(F)CCF. The maximum Gasteiger partial charge on any atom is 0.250 e. The van der Waals surface area contributed by atoms with Crippen LogP contribution in [0, 0.1) is 0 Å². The molecule has 3 heteroatoms. The highest BCUT2D eigenvalue weighted by molar-refractivity contribution is 4.61. The lowest BCUT2D eigenvalue weighted by Gasteiger charge is -2.09. The van der Waals surface area contributed by atoms with E-state index in [1.54, 1.807) is 0 Å². The number of halogens is 3. The molecule has 0 aliphatic carbocycles. The second kappa shape index (κ2) is 2.95. The summed E-state index contributed by atoms with van der Waals surface area (Å²) in [6.45, 7) is 0.413. The quantitative estimate of drug-likeness (QED) is 0.544. The molecule has 0 saturated carbocycles. The highest BCUT2D eigenvalue weighted by Crippen LogP contribution is 2.21. The molecule has 0 nitrogen and oxygen atoms in total. The fourth-order valence-corrected chi connectivity index (χ4v) is 0.315. The molecular weight excluding hydrogens is 117 g/mol. The van der Waals surface area contributed by atoms with E-state index in [2.05, 4.69) is 0 Å². The van der Waals surface area contributed by atoms with E-state index in [0.717, 1.165) is 0 Å². The lowest BCUT2D eigenvalue weighted by molar-refractivity contribution is -0.0165. The molecular formula is C5H9F3. The smallest absolute Gasteiger partial charge is 0.250 e. The summed E-state index contributed by atoms with van der Waals surface area (Å²) in [7, 11) is 0. The number of hydrogen-bond donors (Lipinski definition) is 0. The van der Waals surface area contributed by atoms with Gasteiger partial charge in [0, 0.05) is 12.8 Å². The van der Waals surface area contributed by atoms with Crippen LogP contribution in [0.15, 0.2) is 0 Å². The predicted molar refractivity (Wildman–Crippen MR) is 25.8 cm³/mol. The molecule has 0 aliphatic rings. The molecule has 0 N–H and O–H groups in total. The van der Waals surface area contributed by atoms with Crippen LogP contribution in [0.1, 0.15) is 19.8 Å². The average Bonchev–Trinajstić information content (AvgIpc) is 1.67. The number of hydrogen-bond acceptors (Lipinski definition) is 0. The topological polar surface area (TPSA) is 0 Å². The summed E-state index contributed by atoms with van der Waals surface area (Å²) in [5, 5.41) is 0. The summed E-state index contributed by atoms with van der Waals surface area (Å²) in [5.41, 5.74) is 0. The van der Waals surface area contributed by atoms with Gasteiger partial charge in [-0.2, -0.15) is 0 Å². The van der Waals surface area contributed by atoms with Crippen molar-refractivity contribution in [2.75, 3.05) is 6.67 Å². The second-order valence-corrected chi connectivity index (χ2v) is 1.65. The Kier molecular flexibility index (Phi) is 2.87. The van der Waals surface area contributed by atoms with Crippen molar-refractivity contribution in [3.63, 3.8) is 0 Å². The van der Waals surface area contributed by atoms with Crippen molar-refractivity contribution in [3.05, 3.63) is 0 Å². The molecule has 50 valence electrons. The fourth-order valence-electron chi connectivity index (χ4n) is 0.315. The summed E-state index contributed by atoms with van der Waals surface area (Å²) in [5.74, 6) is -2.78. The normalized spacial score (nSPS) is 12.0. The minimum absolute atomic E-state index is 0.267. The van der Waals surface area contributed by atoms with Crippen molar-refractivity contribution in [1.29, 1.82) is 0 Å². The maximum atomic E-state index is 11.9. The molecule has 0 aromatic heterocycles. The molecule has 0 rings (SSSR count). The third-order valence-electron chi connectivity index (χ3n) is 0.978. The Hall–Kier alpha value is -0.210. The zero-order chi connectivity index (χ0) is 6.62. The maximum absolute atomic E-state index is 11.9. The van der Waals surface area contributed by atoms with Gasteiger partial charge in [0.2, 0.25) is 5.92 Å². The minimum Gasteiger partial charge on any atom is -0.251 e. The van der Waals surface area contributed by atoms with Crippen LogP contribution in [-0.2, 0) is 0 Å². The van der Waals surface area contributed by atoms with Gasteiger partial charge in [-0.15, -0.1) is 0 Å². The highest BCUT2D eigenvalue weighted by atomic mass is 19.3. The molecule has 0 spiro atoms. The first kappa shape index (κ1) is 7.79. The van der Waals surface area contributed by atoms with E-state index in [-0.39, 0.29) is 6.42 Å². The third-order valence-corrected chi connectivity index (χ3v) is 0.978. The molecule has 0 unspecified atom stereocenters. The molecule has 0 aliphatic heterocycles. The van der Waals surface area contributed by atoms with Crippen LogP contribution in [0.2, 0.25) is 0 Å². The highest BCUT2D eigenvalue weighted by Gasteiger charge is 2.24. The predicted octanol–water partition coefficient (Wildman–Crippen LogP) is 2.39. The van der Waals surface area contributed by atoms with E-state index in [1.165, 1.54) is 6.92 Å². The fraction of sp³-hybridized carbons (Fsp3) is 1.00. The van der Waals surface area contributed by atoms with Gasteiger partial charge in [0.05, 0.1) is 6.67 Å². The van der Waals surface area contributed by atoms with Crippen molar-refractivity contribution in [2.24, 2.45) is 0 Å². The zero-order valence-corrected chi connectivity index (χ0v) is 4.76. The molecule has 0 amide bonds. The van der Waals surface area contributed by atoms with Gasteiger partial charge in [0.15, 0.2) is 0 Å². The van der Waals surface area contributed by atoms with Crippen LogP contribution in [0.3, 0.4) is 0 Å².